The number of rotatable bonds is 7. The molecule has 0 saturated heterocycles. The van der Waals surface area contributed by atoms with E-state index in [1.165, 1.54) is 19.1 Å². The highest BCUT2D eigenvalue weighted by Gasteiger charge is 2.11. The number of carboxylic acids is 1. The van der Waals surface area contributed by atoms with Gasteiger partial charge >= 0.3 is 12.0 Å². The van der Waals surface area contributed by atoms with Gasteiger partial charge in [-0.3, -0.25) is 4.79 Å². The van der Waals surface area contributed by atoms with Crippen LogP contribution in [0.1, 0.15) is 12.8 Å². The van der Waals surface area contributed by atoms with Crippen molar-refractivity contribution in [2.45, 2.75) is 12.8 Å². The number of benzene rings is 1. The number of carbonyl (C=O) groups excluding carboxylic acids is 1. The van der Waals surface area contributed by atoms with E-state index in [2.05, 4.69) is 5.32 Å². The number of ether oxygens (including phenoxy) is 2. The zero-order valence-electron chi connectivity index (χ0n) is 12.4. The van der Waals surface area contributed by atoms with Crippen LogP contribution in [-0.2, 0) is 4.79 Å². The lowest BCUT2D eigenvalue weighted by Gasteiger charge is -2.18. The summed E-state index contributed by atoms with van der Waals surface area (Å²) in [7, 11) is 4.66. The molecule has 7 nitrogen and oxygen atoms in total. The van der Waals surface area contributed by atoms with Crippen molar-refractivity contribution in [3.8, 4) is 11.5 Å². The van der Waals surface area contributed by atoms with Gasteiger partial charge in [-0.1, -0.05) is 0 Å². The molecule has 7 heteroatoms. The highest BCUT2D eigenvalue weighted by atomic mass is 16.5. The van der Waals surface area contributed by atoms with Crippen molar-refractivity contribution < 1.29 is 24.2 Å². The number of carboxylic acid groups (broad SMARTS) is 1. The Kier molecular flexibility index (Phi) is 6.32. The van der Waals surface area contributed by atoms with Crippen molar-refractivity contribution in [1.29, 1.82) is 0 Å². The zero-order chi connectivity index (χ0) is 15.8. The van der Waals surface area contributed by atoms with Gasteiger partial charge in [0.05, 0.1) is 14.2 Å². The fourth-order valence-corrected chi connectivity index (χ4v) is 1.70. The average molecular weight is 296 g/mol. The molecule has 0 fully saturated rings. The summed E-state index contributed by atoms with van der Waals surface area (Å²) in [6.07, 6.45) is 0.444. The normalized spacial score (nSPS) is 9.86. The lowest BCUT2D eigenvalue weighted by Crippen LogP contribution is -2.32. The molecule has 1 rings (SSSR count). The molecule has 0 radical (unpaired) electrons. The standard InChI is InChI=1S/C14H20N2O5/c1-16(8-4-5-13(17)18)14(19)15-10-6-7-11(20-2)12(9-10)21-3/h6-7,9H,4-5,8H2,1-3H3,(H,15,19)(H,17,18). The minimum Gasteiger partial charge on any atom is -0.493 e. The fraction of sp³-hybridized carbons (Fsp3) is 0.429. The van der Waals surface area contributed by atoms with E-state index in [-0.39, 0.29) is 12.5 Å². The summed E-state index contributed by atoms with van der Waals surface area (Å²) >= 11 is 0. The van der Waals surface area contributed by atoms with E-state index in [0.29, 0.717) is 30.2 Å². The molecule has 0 bridgehead atoms. The monoisotopic (exact) mass is 296 g/mol. The molecule has 0 spiro atoms. The van der Waals surface area contributed by atoms with Crippen molar-refractivity contribution in [3.63, 3.8) is 0 Å². The number of nitrogens with one attached hydrogen (secondary N) is 1. The van der Waals surface area contributed by atoms with Crippen LogP contribution in [0, 0.1) is 0 Å². The molecule has 0 aliphatic heterocycles. The number of methoxy groups -OCH3 is 2. The van der Waals surface area contributed by atoms with Gasteiger partial charge in [-0.05, 0) is 18.6 Å². The first-order valence-corrected chi connectivity index (χ1v) is 6.44. The van der Waals surface area contributed by atoms with E-state index in [1.54, 1.807) is 25.2 Å². The predicted octanol–water partition coefficient (Wildman–Crippen LogP) is 2.03. The third kappa shape index (κ3) is 5.21. The van der Waals surface area contributed by atoms with E-state index >= 15 is 0 Å². The van der Waals surface area contributed by atoms with Gasteiger partial charge in [0.1, 0.15) is 0 Å². The van der Waals surface area contributed by atoms with Crippen LogP contribution in [0.4, 0.5) is 10.5 Å². The van der Waals surface area contributed by atoms with Crippen molar-refractivity contribution in [1.82, 2.24) is 4.90 Å². The van der Waals surface area contributed by atoms with Gasteiger partial charge < -0.3 is 24.8 Å². The molecule has 1 aromatic rings. The van der Waals surface area contributed by atoms with Crippen LogP contribution in [0.3, 0.4) is 0 Å². The van der Waals surface area contributed by atoms with E-state index in [1.807, 2.05) is 0 Å². The van der Waals surface area contributed by atoms with E-state index < -0.39 is 5.97 Å². The molecule has 0 aliphatic carbocycles. The molecular weight excluding hydrogens is 276 g/mol. The van der Waals surface area contributed by atoms with Crippen molar-refractivity contribution in [2.75, 3.05) is 33.1 Å². The number of urea groups is 1. The maximum atomic E-state index is 11.9. The molecule has 0 aliphatic rings. The van der Waals surface area contributed by atoms with Crippen molar-refractivity contribution in [2.24, 2.45) is 0 Å². The number of nitrogens with zero attached hydrogens (tertiary/aromatic N) is 1. The Morgan fingerprint density at radius 1 is 1.24 bits per heavy atom. The summed E-state index contributed by atoms with van der Waals surface area (Å²) in [5.74, 6) is 0.220. The van der Waals surface area contributed by atoms with E-state index in [0.717, 1.165) is 0 Å². The number of hydrogen-bond acceptors (Lipinski definition) is 4. The van der Waals surface area contributed by atoms with Gasteiger partial charge in [0, 0.05) is 31.8 Å². The first-order chi connectivity index (χ1) is 9.97. The third-order valence-electron chi connectivity index (χ3n) is 2.87. The number of aliphatic carboxylic acids is 1. The van der Waals surface area contributed by atoms with Gasteiger partial charge in [0.25, 0.3) is 0 Å². The Labute approximate surface area is 123 Å². The molecule has 0 unspecified atom stereocenters. The molecule has 116 valence electrons. The second-order valence-electron chi connectivity index (χ2n) is 4.42. The second kappa shape index (κ2) is 7.98. The van der Waals surface area contributed by atoms with Gasteiger partial charge in [-0.2, -0.15) is 0 Å². The van der Waals surface area contributed by atoms with Crippen LogP contribution in [-0.4, -0.2) is 49.8 Å². The minimum atomic E-state index is -0.872. The molecule has 2 N–H and O–H groups in total. The van der Waals surface area contributed by atoms with Crippen LogP contribution < -0.4 is 14.8 Å². The van der Waals surface area contributed by atoms with Crippen molar-refractivity contribution >= 4 is 17.7 Å². The minimum absolute atomic E-state index is 0.0357. The highest BCUT2D eigenvalue weighted by molar-refractivity contribution is 5.89. The number of hydrogen-bond donors (Lipinski definition) is 2. The van der Waals surface area contributed by atoms with Gasteiger partial charge in [0.2, 0.25) is 0 Å². The summed E-state index contributed by atoms with van der Waals surface area (Å²) in [6, 6.07) is 4.73. The number of anilines is 1. The maximum Gasteiger partial charge on any atom is 0.321 e. The maximum absolute atomic E-state index is 11.9. The number of carbonyl (C=O) groups is 2. The first-order valence-electron chi connectivity index (χ1n) is 6.44. The average Bonchev–Trinajstić information content (AvgIpc) is 2.46. The molecule has 0 aromatic heterocycles. The molecule has 21 heavy (non-hydrogen) atoms. The highest BCUT2D eigenvalue weighted by Crippen LogP contribution is 2.29. The van der Waals surface area contributed by atoms with Crippen LogP contribution in [0.15, 0.2) is 18.2 Å². The summed E-state index contributed by atoms with van der Waals surface area (Å²) in [5.41, 5.74) is 0.572. The first kappa shape index (κ1) is 16.6. The zero-order valence-corrected chi connectivity index (χ0v) is 12.4. The second-order valence-corrected chi connectivity index (χ2v) is 4.42. The van der Waals surface area contributed by atoms with Crippen LogP contribution >= 0.6 is 0 Å². The Morgan fingerprint density at radius 3 is 2.48 bits per heavy atom. The largest absolute Gasteiger partial charge is 0.493 e. The molecule has 1 aromatic carbocycles. The Morgan fingerprint density at radius 2 is 1.90 bits per heavy atom. The fourth-order valence-electron chi connectivity index (χ4n) is 1.70. The lowest BCUT2D eigenvalue weighted by atomic mass is 10.2. The predicted molar refractivity (Wildman–Crippen MR) is 78.1 cm³/mol. The van der Waals surface area contributed by atoms with Crippen LogP contribution in [0.5, 0.6) is 11.5 Å². The summed E-state index contributed by atoms with van der Waals surface area (Å²) in [5, 5.41) is 11.3. The molecular formula is C14H20N2O5. The third-order valence-corrected chi connectivity index (χ3v) is 2.87. The van der Waals surface area contributed by atoms with Gasteiger partial charge in [-0.25, -0.2) is 4.79 Å². The van der Waals surface area contributed by atoms with Gasteiger partial charge in [0.15, 0.2) is 11.5 Å². The van der Waals surface area contributed by atoms with Gasteiger partial charge in [-0.15, -0.1) is 0 Å². The summed E-state index contributed by atoms with van der Waals surface area (Å²) in [6.45, 7) is 0.366. The summed E-state index contributed by atoms with van der Waals surface area (Å²) < 4.78 is 10.3. The van der Waals surface area contributed by atoms with E-state index in [4.69, 9.17) is 14.6 Å². The Balaban J connectivity index is 2.59. The lowest BCUT2D eigenvalue weighted by molar-refractivity contribution is -0.137. The SMILES string of the molecule is COc1ccc(NC(=O)N(C)CCCC(=O)O)cc1OC. The quantitative estimate of drug-likeness (QED) is 0.803. The Hall–Kier alpha value is -2.44. The molecule has 0 heterocycles. The van der Waals surface area contributed by atoms with Crippen molar-refractivity contribution in [3.05, 3.63) is 18.2 Å². The molecule has 0 saturated carbocycles. The van der Waals surface area contributed by atoms with Crippen LogP contribution in [0.2, 0.25) is 0 Å². The molecule has 2 amide bonds. The smallest absolute Gasteiger partial charge is 0.321 e. The Bertz CT molecular complexity index is 504. The molecule has 0 atom stereocenters. The van der Waals surface area contributed by atoms with E-state index in [9.17, 15) is 9.59 Å². The summed E-state index contributed by atoms with van der Waals surface area (Å²) in [4.78, 5) is 23.8. The van der Waals surface area contributed by atoms with Crippen LogP contribution in [0.25, 0.3) is 0 Å². The topological polar surface area (TPSA) is 88.1 Å². The number of amides is 2.